The standard InChI is InChI=1S/C22H22N4O4S/c1-3-30-22(27)16-7-9-19(10-8-16)31(28,29)25-12-11-24-21-18(14-23)13-17-6-4-5-15(2)20(17)26-21/h4-10,13,25H,3,11-12H2,1-2H3,(H,24,26). The highest BCUT2D eigenvalue weighted by Gasteiger charge is 2.15. The van der Waals surface area contributed by atoms with Crippen molar-refractivity contribution in [3.05, 3.63) is 65.2 Å². The second-order valence-electron chi connectivity index (χ2n) is 6.71. The van der Waals surface area contributed by atoms with Crippen LogP contribution in [0.3, 0.4) is 0 Å². The van der Waals surface area contributed by atoms with Gasteiger partial charge in [-0.1, -0.05) is 18.2 Å². The molecule has 0 aliphatic rings. The summed E-state index contributed by atoms with van der Waals surface area (Å²) in [7, 11) is -3.75. The Morgan fingerprint density at radius 1 is 1.16 bits per heavy atom. The largest absolute Gasteiger partial charge is 0.462 e. The minimum absolute atomic E-state index is 0.0396. The summed E-state index contributed by atoms with van der Waals surface area (Å²) >= 11 is 0. The Labute approximate surface area is 180 Å². The fraction of sp³-hybridized carbons (Fsp3) is 0.227. The van der Waals surface area contributed by atoms with Gasteiger partial charge in [-0.15, -0.1) is 0 Å². The van der Waals surface area contributed by atoms with E-state index in [1.165, 1.54) is 24.3 Å². The summed E-state index contributed by atoms with van der Waals surface area (Å²) < 4.78 is 32.3. The van der Waals surface area contributed by atoms with Crippen molar-refractivity contribution in [1.29, 1.82) is 5.26 Å². The lowest BCUT2D eigenvalue weighted by Crippen LogP contribution is -2.29. The molecule has 0 bridgehead atoms. The van der Waals surface area contributed by atoms with E-state index in [1.54, 1.807) is 13.0 Å². The molecular formula is C22H22N4O4S. The molecule has 0 aliphatic heterocycles. The lowest BCUT2D eigenvalue weighted by Gasteiger charge is -2.11. The van der Waals surface area contributed by atoms with Gasteiger partial charge in [-0.05, 0) is 49.7 Å². The zero-order valence-electron chi connectivity index (χ0n) is 17.2. The average molecular weight is 439 g/mol. The van der Waals surface area contributed by atoms with Crippen LogP contribution in [0.2, 0.25) is 0 Å². The molecule has 0 saturated heterocycles. The predicted octanol–water partition coefficient (Wildman–Crippen LogP) is 2.98. The van der Waals surface area contributed by atoms with Crippen molar-refractivity contribution in [2.75, 3.05) is 25.0 Å². The van der Waals surface area contributed by atoms with Gasteiger partial charge >= 0.3 is 5.97 Å². The molecule has 0 fully saturated rings. The summed E-state index contributed by atoms with van der Waals surface area (Å²) in [6.07, 6.45) is 0. The van der Waals surface area contributed by atoms with Crippen molar-refractivity contribution in [3.63, 3.8) is 0 Å². The number of nitrogens with one attached hydrogen (secondary N) is 2. The lowest BCUT2D eigenvalue weighted by molar-refractivity contribution is 0.0526. The van der Waals surface area contributed by atoms with Gasteiger partial charge in [0.25, 0.3) is 0 Å². The van der Waals surface area contributed by atoms with Gasteiger partial charge in [0.2, 0.25) is 10.0 Å². The molecule has 2 aromatic carbocycles. The lowest BCUT2D eigenvalue weighted by atomic mass is 10.1. The third-order valence-electron chi connectivity index (χ3n) is 4.55. The van der Waals surface area contributed by atoms with Crippen molar-refractivity contribution in [1.82, 2.24) is 9.71 Å². The number of hydrogen-bond acceptors (Lipinski definition) is 7. The second-order valence-corrected chi connectivity index (χ2v) is 8.48. The highest BCUT2D eigenvalue weighted by molar-refractivity contribution is 7.89. The number of anilines is 1. The molecule has 1 aromatic heterocycles. The number of aromatic nitrogens is 1. The number of carbonyl (C=O) groups is 1. The Hall–Kier alpha value is -3.48. The molecule has 0 amide bonds. The minimum Gasteiger partial charge on any atom is -0.462 e. The van der Waals surface area contributed by atoms with E-state index in [1.807, 2.05) is 25.1 Å². The Bertz CT molecular complexity index is 1250. The van der Waals surface area contributed by atoms with Crippen LogP contribution >= 0.6 is 0 Å². The Kier molecular flexibility index (Phi) is 6.84. The van der Waals surface area contributed by atoms with Crippen LogP contribution < -0.4 is 10.0 Å². The molecule has 3 rings (SSSR count). The van der Waals surface area contributed by atoms with E-state index < -0.39 is 16.0 Å². The summed E-state index contributed by atoms with van der Waals surface area (Å²) in [5.74, 6) is -0.0997. The Morgan fingerprint density at radius 2 is 1.90 bits per heavy atom. The third kappa shape index (κ3) is 5.17. The molecular weight excluding hydrogens is 416 g/mol. The second kappa shape index (κ2) is 9.55. The summed E-state index contributed by atoms with van der Waals surface area (Å²) in [5.41, 5.74) is 2.43. The number of fused-ring (bicyclic) bond motifs is 1. The molecule has 1 heterocycles. The predicted molar refractivity (Wildman–Crippen MR) is 117 cm³/mol. The minimum atomic E-state index is -3.75. The fourth-order valence-electron chi connectivity index (χ4n) is 3.00. The number of rotatable bonds is 8. The molecule has 0 spiro atoms. The van der Waals surface area contributed by atoms with Gasteiger partial charge in [-0.25, -0.2) is 22.9 Å². The summed E-state index contributed by atoms with van der Waals surface area (Å²) in [4.78, 5) is 16.2. The van der Waals surface area contributed by atoms with Crippen LogP contribution in [0.4, 0.5) is 5.82 Å². The molecule has 9 heteroatoms. The third-order valence-corrected chi connectivity index (χ3v) is 6.03. The van der Waals surface area contributed by atoms with E-state index >= 15 is 0 Å². The average Bonchev–Trinajstić information content (AvgIpc) is 2.77. The first kappa shape index (κ1) is 22.2. The molecule has 31 heavy (non-hydrogen) atoms. The maximum atomic E-state index is 12.5. The van der Waals surface area contributed by atoms with E-state index in [0.717, 1.165) is 16.5 Å². The van der Waals surface area contributed by atoms with E-state index in [0.29, 0.717) is 11.4 Å². The monoisotopic (exact) mass is 438 g/mol. The number of hydrogen-bond donors (Lipinski definition) is 2. The van der Waals surface area contributed by atoms with Gasteiger partial charge in [0.15, 0.2) is 0 Å². The van der Waals surface area contributed by atoms with Crippen molar-refractivity contribution >= 4 is 32.7 Å². The molecule has 8 nitrogen and oxygen atoms in total. The van der Waals surface area contributed by atoms with Crippen LogP contribution in [0.5, 0.6) is 0 Å². The van der Waals surface area contributed by atoms with Gasteiger partial charge in [-0.2, -0.15) is 5.26 Å². The van der Waals surface area contributed by atoms with Crippen molar-refractivity contribution in [2.45, 2.75) is 18.7 Å². The number of ether oxygens (including phenoxy) is 1. The first-order chi connectivity index (χ1) is 14.9. The zero-order valence-corrected chi connectivity index (χ0v) is 18.0. The maximum Gasteiger partial charge on any atom is 0.338 e. The molecule has 0 saturated carbocycles. The normalized spacial score (nSPS) is 11.1. The molecule has 0 unspecified atom stereocenters. The number of aryl methyl sites for hydroxylation is 1. The quantitative estimate of drug-likeness (QED) is 0.410. The van der Waals surface area contributed by atoms with E-state index in [9.17, 15) is 18.5 Å². The topological polar surface area (TPSA) is 121 Å². The highest BCUT2D eigenvalue weighted by atomic mass is 32.2. The number of esters is 1. The molecule has 0 aliphatic carbocycles. The molecule has 2 N–H and O–H groups in total. The number of nitriles is 1. The number of para-hydroxylation sites is 1. The van der Waals surface area contributed by atoms with Crippen molar-refractivity contribution in [3.8, 4) is 6.07 Å². The molecule has 0 radical (unpaired) electrons. The molecule has 160 valence electrons. The summed E-state index contributed by atoms with van der Waals surface area (Å²) in [5, 5.41) is 13.3. The van der Waals surface area contributed by atoms with Gasteiger partial charge in [0, 0.05) is 18.5 Å². The van der Waals surface area contributed by atoms with Gasteiger partial charge in [0.05, 0.1) is 28.1 Å². The number of nitrogens with zero attached hydrogens (tertiary/aromatic N) is 2. The van der Waals surface area contributed by atoms with Gasteiger partial charge in [0.1, 0.15) is 11.9 Å². The van der Waals surface area contributed by atoms with E-state index in [4.69, 9.17) is 4.74 Å². The van der Waals surface area contributed by atoms with Crippen LogP contribution in [0, 0.1) is 18.3 Å². The smallest absolute Gasteiger partial charge is 0.338 e. The zero-order chi connectivity index (χ0) is 22.4. The number of benzene rings is 2. The van der Waals surface area contributed by atoms with Crippen LogP contribution in [-0.2, 0) is 14.8 Å². The van der Waals surface area contributed by atoms with E-state index in [-0.39, 0.29) is 30.2 Å². The first-order valence-corrected chi connectivity index (χ1v) is 11.1. The van der Waals surface area contributed by atoms with Crippen LogP contribution in [0.25, 0.3) is 10.9 Å². The maximum absolute atomic E-state index is 12.5. The van der Waals surface area contributed by atoms with Crippen LogP contribution in [0.15, 0.2) is 53.4 Å². The number of pyridine rings is 1. The van der Waals surface area contributed by atoms with Crippen molar-refractivity contribution < 1.29 is 17.9 Å². The van der Waals surface area contributed by atoms with E-state index in [2.05, 4.69) is 21.1 Å². The Balaban J connectivity index is 1.64. The number of carbonyl (C=O) groups excluding carboxylic acids is 1. The molecule has 3 aromatic rings. The van der Waals surface area contributed by atoms with Crippen LogP contribution in [-0.4, -0.2) is 39.1 Å². The fourth-order valence-corrected chi connectivity index (χ4v) is 4.03. The Morgan fingerprint density at radius 3 is 2.58 bits per heavy atom. The SMILES string of the molecule is CCOC(=O)c1ccc(S(=O)(=O)NCCNc2nc3c(C)cccc3cc2C#N)cc1. The number of sulfonamides is 1. The first-order valence-electron chi connectivity index (χ1n) is 9.67. The molecule has 0 atom stereocenters. The van der Waals surface area contributed by atoms with Gasteiger partial charge in [-0.3, -0.25) is 0 Å². The highest BCUT2D eigenvalue weighted by Crippen LogP contribution is 2.22. The van der Waals surface area contributed by atoms with Crippen LogP contribution in [0.1, 0.15) is 28.4 Å². The summed E-state index contributed by atoms with van der Waals surface area (Å²) in [6, 6.07) is 15.1. The van der Waals surface area contributed by atoms with Crippen molar-refractivity contribution in [2.24, 2.45) is 0 Å². The van der Waals surface area contributed by atoms with Gasteiger partial charge < -0.3 is 10.1 Å². The summed E-state index contributed by atoms with van der Waals surface area (Å²) in [6.45, 7) is 4.20.